The molecule has 0 spiro atoms. The van der Waals surface area contributed by atoms with Gasteiger partial charge >= 0.3 is 10.5 Å². The number of hydrogen-bond acceptors (Lipinski definition) is 4. The Morgan fingerprint density at radius 2 is 2.25 bits per heavy atom. The van der Waals surface area contributed by atoms with E-state index in [1.54, 1.807) is 0 Å². The van der Waals surface area contributed by atoms with Crippen LogP contribution >= 0.6 is 0 Å². The Morgan fingerprint density at radius 1 is 1.75 bits per heavy atom. The second kappa shape index (κ2) is 4.45. The van der Waals surface area contributed by atoms with E-state index in [4.69, 9.17) is 0 Å². The molecule has 8 heteroatoms. The van der Waals surface area contributed by atoms with Crippen LogP contribution in [0.15, 0.2) is 0 Å². The highest BCUT2D eigenvalue weighted by atomic mass is 32.3. The van der Waals surface area contributed by atoms with E-state index in [0.29, 0.717) is 0 Å². The number of hydrogen-bond donors (Lipinski definition) is 1. The Bertz CT molecular complexity index is 208. The van der Waals surface area contributed by atoms with E-state index in [-0.39, 0.29) is 6.42 Å². The molecule has 0 saturated carbocycles. The first-order valence-corrected chi connectivity index (χ1v) is 4.80. The SMILES string of the molecule is CCC(C[S+]([O])(=O)O[NH3+])[N+](=O)[O-]. The number of nitro groups is 1. The zero-order valence-electron chi connectivity index (χ0n) is 6.60. The second-order valence-electron chi connectivity index (χ2n) is 2.19. The standard InChI is InChI=1S/C4H11N2O5S/c1-2-4(6(7)8)3-12(9,10)11-5/h4H,2-3H2,1,5H3/q+2. The van der Waals surface area contributed by atoms with Gasteiger partial charge < -0.3 is 0 Å². The minimum atomic E-state index is -3.83. The summed E-state index contributed by atoms with van der Waals surface area (Å²) in [6.45, 7) is 1.53. The van der Waals surface area contributed by atoms with E-state index in [2.05, 4.69) is 10.2 Å². The van der Waals surface area contributed by atoms with Gasteiger partial charge in [-0.1, -0.05) is 6.92 Å². The van der Waals surface area contributed by atoms with Gasteiger partial charge in [-0.25, -0.2) is 0 Å². The van der Waals surface area contributed by atoms with Crippen molar-refractivity contribution in [1.29, 1.82) is 0 Å². The first-order chi connectivity index (χ1) is 5.43. The monoisotopic (exact) mass is 199 g/mol. The minimum absolute atomic E-state index is 0.148. The van der Waals surface area contributed by atoms with E-state index in [1.165, 1.54) is 6.92 Å². The Kier molecular flexibility index (Phi) is 4.24. The van der Waals surface area contributed by atoms with Crippen LogP contribution in [0, 0.1) is 10.1 Å². The topological polar surface area (TPSA) is 117 Å². The van der Waals surface area contributed by atoms with Gasteiger partial charge in [-0.05, 0) is 4.21 Å². The van der Waals surface area contributed by atoms with Crippen molar-refractivity contribution in [2.75, 3.05) is 5.75 Å². The van der Waals surface area contributed by atoms with Crippen LogP contribution in [-0.4, -0.2) is 16.7 Å². The summed E-state index contributed by atoms with van der Waals surface area (Å²) >= 11 is 0. The Hall–Kier alpha value is -0.570. The summed E-state index contributed by atoms with van der Waals surface area (Å²) in [5, 5.41) is 10.2. The van der Waals surface area contributed by atoms with Crippen LogP contribution in [0.25, 0.3) is 0 Å². The highest BCUT2D eigenvalue weighted by Gasteiger charge is 2.41. The maximum Gasteiger partial charge on any atom is 0.455 e. The number of nitrogens with zero attached hydrogens (tertiary/aromatic N) is 1. The van der Waals surface area contributed by atoms with Gasteiger partial charge in [0.1, 0.15) is 0 Å². The maximum atomic E-state index is 10.7. The van der Waals surface area contributed by atoms with Crippen molar-refractivity contribution in [3.05, 3.63) is 10.1 Å². The minimum Gasteiger partial charge on any atom is -0.264 e. The van der Waals surface area contributed by atoms with Crippen LogP contribution in [0.1, 0.15) is 13.3 Å². The van der Waals surface area contributed by atoms with E-state index < -0.39 is 27.2 Å². The lowest BCUT2D eigenvalue weighted by molar-refractivity contribution is -0.638. The average Bonchev–Trinajstić information content (AvgIpc) is 2.00. The highest BCUT2D eigenvalue weighted by molar-refractivity contribution is 7.92. The van der Waals surface area contributed by atoms with Crippen LogP contribution < -0.4 is 5.90 Å². The number of quaternary nitrogens is 1. The number of rotatable bonds is 5. The molecule has 2 unspecified atom stereocenters. The summed E-state index contributed by atoms with van der Waals surface area (Å²) in [4.78, 5) is 9.55. The molecule has 0 rings (SSSR count). The molecule has 0 aliphatic heterocycles. The predicted octanol–water partition coefficient (Wildman–Crippen LogP) is -1.02. The Balaban J connectivity index is 4.21. The lowest BCUT2D eigenvalue weighted by Crippen LogP contribution is -2.54. The van der Waals surface area contributed by atoms with Crippen molar-refractivity contribution in [3.8, 4) is 0 Å². The van der Waals surface area contributed by atoms with Crippen molar-refractivity contribution < 1.29 is 23.9 Å². The molecule has 0 aliphatic carbocycles. The first kappa shape index (κ1) is 11.4. The van der Waals surface area contributed by atoms with Gasteiger partial charge in [0, 0.05) is 15.6 Å². The molecule has 0 saturated heterocycles. The van der Waals surface area contributed by atoms with Gasteiger partial charge in [-0.15, -0.1) is 0 Å². The van der Waals surface area contributed by atoms with Crippen LogP contribution in [0.4, 0.5) is 0 Å². The molecule has 3 N–H and O–H groups in total. The molecule has 0 aliphatic rings. The average molecular weight is 199 g/mol. The van der Waals surface area contributed by atoms with Crippen LogP contribution in [0.2, 0.25) is 0 Å². The zero-order chi connectivity index (χ0) is 9.78. The zero-order valence-corrected chi connectivity index (χ0v) is 7.41. The van der Waals surface area contributed by atoms with E-state index >= 15 is 0 Å². The third-order valence-electron chi connectivity index (χ3n) is 1.35. The molecule has 0 aromatic heterocycles. The quantitative estimate of drug-likeness (QED) is 0.346. The normalized spacial score (nSPS) is 18.2. The summed E-state index contributed by atoms with van der Waals surface area (Å²) in [6.07, 6.45) is 0.148. The van der Waals surface area contributed by atoms with E-state index in [9.17, 15) is 18.9 Å². The molecule has 12 heavy (non-hydrogen) atoms. The summed E-state index contributed by atoms with van der Waals surface area (Å²) in [6, 6.07) is -1.11. The van der Waals surface area contributed by atoms with Crippen molar-refractivity contribution in [3.63, 3.8) is 0 Å². The van der Waals surface area contributed by atoms with Gasteiger partial charge in [-0.2, -0.15) is 5.90 Å². The van der Waals surface area contributed by atoms with Gasteiger partial charge in [0.25, 0.3) is 11.8 Å². The van der Waals surface area contributed by atoms with Gasteiger partial charge in [0.15, 0.2) is 0 Å². The fourth-order valence-electron chi connectivity index (χ4n) is 0.612. The molecule has 0 bridgehead atoms. The Labute approximate surface area is 70.4 Å². The van der Waals surface area contributed by atoms with Crippen LogP contribution in [0.3, 0.4) is 0 Å². The summed E-state index contributed by atoms with van der Waals surface area (Å²) in [5.41, 5.74) is 0. The second-order valence-corrected chi connectivity index (χ2v) is 3.87. The van der Waals surface area contributed by atoms with Gasteiger partial charge in [0.05, 0.1) is 4.55 Å². The predicted molar refractivity (Wildman–Crippen MR) is 38.7 cm³/mol. The van der Waals surface area contributed by atoms with E-state index in [0.717, 1.165) is 0 Å². The fourth-order valence-corrected chi connectivity index (χ4v) is 1.54. The van der Waals surface area contributed by atoms with Crippen molar-refractivity contribution >= 4 is 10.5 Å². The lowest BCUT2D eigenvalue weighted by Gasteiger charge is -2.01. The molecule has 71 valence electrons. The lowest BCUT2D eigenvalue weighted by atomic mass is 10.3. The molecular weight excluding hydrogens is 188 g/mol. The smallest absolute Gasteiger partial charge is 0.264 e. The highest BCUT2D eigenvalue weighted by Crippen LogP contribution is 2.06. The first-order valence-electron chi connectivity index (χ1n) is 3.22. The van der Waals surface area contributed by atoms with Gasteiger partial charge in [-0.3, -0.25) is 10.1 Å². The molecule has 0 amide bonds. The van der Waals surface area contributed by atoms with Crippen molar-refractivity contribution in [1.82, 2.24) is 0 Å². The molecule has 7 nitrogen and oxygen atoms in total. The third kappa shape index (κ3) is 3.72. The molecule has 0 aromatic rings. The van der Waals surface area contributed by atoms with E-state index in [1.807, 2.05) is 0 Å². The molecule has 1 radical (unpaired) electrons. The van der Waals surface area contributed by atoms with Crippen LogP contribution in [-0.2, 0) is 23.5 Å². The van der Waals surface area contributed by atoms with Gasteiger partial charge in [0.2, 0.25) is 0 Å². The summed E-state index contributed by atoms with van der Waals surface area (Å²) in [5.74, 6) is 2.07. The molecular formula is C4H11N2O5S+2. The molecule has 0 fully saturated rings. The largest absolute Gasteiger partial charge is 0.455 e. The molecule has 0 heterocycles. The van der Waals surface area contributed by atoms with Crippen molar-refractivity contribution in [2.45, 2.75) is 19.4 Å². The van der Waals surface area contributed by atoms with Crippen LogP contribution in [0.5, 0.6) is 0 Å². The summed E-state index contributed by atoms with van der Waals surface area (Å²) in [7, 11) is -3.83. The third-order valence-corrected chi connectivity index (χ3v) is 2.50. The van der Waals surface area contributed by atoms with Crippen molar-refractivity contribution in [2.24, 2.45) is 0 Å². The Morgan fingerprint density at radius 3 is 2.50 bits per heavy atom. The maximum absolute atomic E-state index is 10.7. The summed E-state index contributed by atoms with van der Waals surface area (Å²) < 4.78 is 25.2. The molecule has 2 atom stereocenters. The molecule has 0 aromatic carbocycles. The fraction of sp³-hybridized carbons (Fsp3) is 1.00.